The summed E-state index contributed by atoms with van der Waals surface area (Å²) in [6.07, 6.45) is 1.20. The van der Waals surface area contributed by atoms with Gasteiger partial charge < -0.3 is 9.47 Å². The van der Waals surface area contributed by atoms with Crippen LogP contribution in [0.1, 0.15) is 18.1 Å². The van der Waals surface area contributed by atoms with Gasteiger partial charge in [0.1, 0.15) is 12.7 Å². The van der Waals surface area contributed by atoms with Crippen molar-refractivity contribution in [3.63, 3.8) is 0 Å². The van der Waals surface area contributed by atoms with Crippen LogP contribution < -0.4 is 0 Å². The normalized spacial score (nSPS) is 18.8. The van der Waals surface area contributed by atoms with Gasteiger partial charge >= 0.3 is 5.97 Å². The summed E-state index contributed by atoms with van der Waals surface area (Å²) in [4.78, 5) is 12.4. The van der Waals surface area contributed by atoms with E-state index in [-0.39, 0.29) is 24.6 Å². The summed E-state index contributed by atoms with van der Waals surface area (Å²) in [6.45, 7) is 4.14. The second-order valence-electron chi connectivity index (χ2n) is 6.93. The summed E-state index contributed by atoms with van der Waals surface area (Å²) in [5, 5.41) is 0. The molecule has 7 heteroatoms. The Morgan fingerprint density at radius 2 is 1.83 bits per heavy atom. The number of esters is 1. The molecule has 0 aliphatic carbocycles. The zero-order chi connectivity index (χ0) is 20.9. The molecule has 154 valence electrons. The van der Waals surface area contributed by atoms with Gasteiger partial charge in [-0.3, -0.25) is 0 Å². The predicted octanol–water partition coefficient (Wildman–Crippen LogP) is 3.07. The molecule has 1 saturated heterocycles. The maximum absolute atomic E-state index is 12.9. The number of rotatable bonds is 7. The maximum atomic E-state index is 12.9. The summed E-state index contributed by atoms with van der Waals surface area (Å²) < 4.78 is 38.0. The molecule has 0 bridgehead atoms. The minimum absolute atomic E-state index is 0.0975. The highest BCUT2D eigenvalue weighted by atomic mass is 32.2. The fourth-order valence-corrected chi connectivity index (χ4v) is 4.55. The van der Waals surface area contributed by atoms with Gasteiger partial charge in [0.05, 0.1) is 18.0 Å². The average Bonchev–Trinajstić information content (AvgIpc) is 3.12. The molecule has 2 aromatic carbocycles. The van der Waals surface area contributed by atoms with Gasteiger partial charge in [-0.25, -0.2) is 13.2 Å². The molecule has 6 nitrogen and oxygen atoms in total. The Hall–Kier alpha value is -2.48. The molecule has 1 aliphatic heterocycles. The monoisotopic (exact) mass is 415 g/mol. The minimum atomic E-state index is -3.65. The number of benzene rings is 2. The van der Waals surface area contributed by atoms with E-state index in [0.717, 1.165) is 16.7 Å². The first kappa shape index (κ1) is 21.2. The van der Waals surface area contributed by atoms with Crippen LogP contribution in [0.15, 0.2) is 71.1 Å². The van der Waals surface area contributed by atoms with Crippen LogP contribution in [-0.4, -0.2) is 44.5 Å². The van der Waals surface area contributed by atoms with E-state index in [1.165, 1.54) is 4.31 Å². The van der Waals surface area contributed by atoms with Gasteiger partial charge in [-0.05, 0) is 37.1 Å². The molecule has 2 aromatic rings. The largest absolute Gasteiger partial charge is 0.455 e. The predicted molar refractivity (Wildman–Crippen MR) is 110 cm³/mol. The van der Waals surface area contributed by atoms with Crippen molar-refractivity contribution in [1.29, 1.82) is 0 Å². The number of hydrogen-bond donors (Lipinski definition) is 0. The topological polar surface area (TPSA) is 72.9 Å². The lowest BCUT2D eigenvalue weighted by Crippen LogP contribution is -2.31. The van der Waals surface area contributed by atoms with Crippen molar-refractivity contribution >= 4 is 16.0 Å². The van der Waals surface area contributed by atoms with E-state index >= 15 is 0 Å². The first-order valence-electron chi connectivity index (χ1n) is 9.43. The molecule has 3 rings (SSSR count). The van der Waals surface area contributed by atoms with Gasteiger partial charge in [-0.1, -0.05) is 54.1 Å². The Bertz CT molecular complexity index is 968. The second kappa shape index (κ2) is 9.35. The van der Waals surface area contributed by atoms with Gasteiger partial charge in [0.2, 0.25) is 10.0 Å². The van der Waals surface area contributed by atoms with Gasteiger partial charge in [0, 0.05) is 6.54 Å². The third-order valence-electron chi connectivity index (χ3n) is 4.78. The molecule has 0 N–H and O–H groups in total. The molecule has 0 radical (unpaired) electrons. The second-order valence-corrected chi connectivity index (χ2v) is 8.87. The van der Waals surface area contributed by atoms with Crippen molar-refractivity contribution in [2.75, 3.05) is 19.7 Å². The van der Waals surface area contributed by atoms with Crippen molar-refractivity contribution in [3.05, 3.63) is 77.4 Å². The Labute approximate surface area is 171 Å². The number of sulfonamides is 1. The minimum Gasteiger partial charge on any atom is -0.455 e. The number of ether oxygens (including phenoxy) is 2. The summed E-state index contributed by atoms with van der Waals surface area (Å²) in [6, 6.07) is 16.2. The van der Waals surface area contributed by atoms with Crippen LogP contribution in [0.25, 0.3) is 0 Å². The van der Waals surface area contributed by atoms with Crippen molar-refractivity contribution in [3.8, 4) is 0 Å². The molecule has 0 unspecified atom stereocenters. The Morgan fingerprint density at radius 1 is 1.14 bits per heavy atom. The summed E-state index contributed by atoms with van der Waals surface area (Å²) in [5.74, 6) is -0.514. The number of carbonyl (C=O) groups is 1. The van der Waals surface area contributed by atoms with Gasteiger partial charge in [-0.15, -0.1) is 0 Å². The molecule has 1 fully saturated rings. The lowest BCUT2D eigenvalue weighted by molar-refractivity contribution is -0.152. The van der Waals surface area contributed by atoms with Crippen molar-refractivity contribution < 1.29 is 22.7 Å². The van der Waals surface area contributed by atoms with E-state index in [2.05, 4.69) is 0 Å². The molecule has 0 saturated carbocycles. The number of aryl methyl sites for hydroxylation is 1. The lowest BCUT2D eigenvalue weighted by atomic mass is 10.2. The van der Waals surface area contributed by atoms with Crippen LogP contribution in [0.3, 0.4) is 0 Å². The number of nitrogens with zero attached hydrogens (tertiary/aromatic N) is 1. The lowest BCUT2D eigenvalue weighted by Gasteiger charge is -2.16. The smallest absolute Gasteiger partial charge is 0.332 e. The quantitative estimate of drug-likeness (QED) is 0.513. The van der Waals surface area contributed by atoms with Crippen LogP contribution in [-0.2, 0) is 30.9 Å². The Morgan fingerprint density at radius 3 is 2.48 bits per heavy atom. The molecule has 0 spiro atoms. The highest BCUT2D eigenvalue weighted by Gasteiger charge is 2.37. The van der Waals surface area contributed by atoms with E-state index in [1.54, 1.807) is 30.3 Å². The fourth-order valence-electron chi connectivity index (χ4n) is 3.12. The molecule has 0 amide bonds. The molecule has 1 heterocycles. The van der Waals surface area contributed by atoms with Crippen molar-refractivity contribution in [2.24, 2.45) is 0 Å². The Balaban J connectivity index is 1.58. The number of allylic oxidation sites excluding steroid dienone is 1. The molecule has 1 aliphatic rings. The van der Waals surface area contributed by atoms with Gasteiger partial charge in [0.25, 0.3) is 0 Å². The van der Waals surface area contributed by atoms with E-state index in [9.17, 15) is 13.2 Å². The van der Waals surface area contributed by atoms with Crippen molar-refractivity contribution in [1.82, 2.24) is 4.31 Å². The third-order valence-corrected chi connectivity index (χ3v) is 6.60. The van der Waals surface area contributed by atoms with E-state index < -0.39 is 22.1 Å². The number of carbonyl (C=O) groups excluding carboxylic acids is 1. The Kier molecular flexibility index (Phi) is 6.84. The average molecular weight is 416 g/mol. The van der Waals surface area contributed by atoms with E-state index in [0.29, 0.717) is 6.61 Å². The first-order chi connectivity index (χ1) is 13.9. The fraction of sp³-hybridized carbons (Fsp3) is 0.318. The highest BCUT2D eigenvalue weighted by Crippen LogP contribution is 2.26. The molecule has 0 aromatic heterocycles. The zero-order valence-corrected chi connectivity index (χ0v) is 17.4. The van der Waals surface area contributed by atoms with Crippen LogP contribution in [0.4, 0.5) is 0 Å². The summed E-state index contributed by atoms with van der Waals surface area (Å²) in [5.41, 5.74) is 2.71. The third kappa shape index (κ3) is 5.32. The standard InChI is InChI=1S/C22H25NO5S/c1-3-19-13-23(29(25,26)20-11-9-17(2)10-12-20)14-21(19)28-22(24)16-27-15-18-7-5-4-6-8-18/h3-12,21H,13-16H2,1-2H3/b19-3+/t21-/m0/s1. The first-order valence-corrected chi connectivity index (χ1v) is 10.9. The zero-order valence-electron chi connectivity index (χ0n) is 16.6. The summed E-state index contributed by atoms with van der Waals surface area (Å²) in [7, 11) is -3.65. The summed E-state index contributed by atoms with van der Waals surface area (Å²) >= 11 is 0. The van der Waals surface area contributed by atoms with E-state index in [4.69, 9.17) is 9.47 Å². The van der Waals surface area contributed by atoms with Crippen molar-refractivity contribution in [2.45, 2.75) is 31.5 Å². The molecular weight excluding hydrogens is 390 g/mol. The molecule has 29 heavy (non-hydrogen) atoms. The highest BCUT2D eigenvalue weighted by molar-refractivity contribution is 7.89. The number of hydrogen-bond acceptors (Lipinski definition) is 5. The van der Waals surface area contributed by atoms with Crippen LogP contribution in [0.2, 0.25) is 0 Å². The SMILES string of the molecule is C/C=C1\CN(S(=O)(=O)c2ccc(C)cc2)C[C@@H]1OC(=O)COCc1ccccc1. The molecular formula is C22H25NO5S. The van der Waals surface area contributed by atoms with E-state index in [1.807, 2.05) is 44.2 Å². The van der Waals surface area contributed by atoms with Crippen LogP contribution in [0, 0.1) is 6.92 Å². The van der Waals surface area contributed by atoms with Gasteiger partial charge in [-0.2, -0.15) is 4.31 Å². The van der Waals surface area contributed by atoms with Crippen LogP contribution in [0.5, 0.6) is 0 Å². The van der Waals surface area contributed by atoms with Gasteiger partial charge in [0.15, 0.2) is 0 Å². The van der Waals surface area contributed by atoms with Crippen LogP contribution >= 0.6 is 0 Å². The molecule has 1 atom stereocenters. The maximum Gasteiger partial charge on any atom is 0.332 e.